The van der Waals surface area contributed by atoms with E-state index in [1.807, 2.05) is 0 Å². The summed E-state index contributed by atoms with van der Waals surface area (Å²) in [5.74, 6) is 0.0481. The van der Waals surface area contributed by atoms with Gasteiger partial charge in [0.1, 0.15) is 6.10 Å². The molecule has 0 aliphatic rings. The average molecular weight is 800 g/mol. The first-order valence-electron chi connectivity index (χ1n) is 25.2. The number of ether oxygens (including phenoxy) is 1. The molecule has 0 radical (unpaired) electrons. The van der Waals surface area contributed by atoms with Gasteiger partial charge in [-0.25, -0.2) is 0 Å². The third kappa shape index (κ3) is 43.8. The minimum atomic E-state index is 0.0481. The molecule has 57 heavy (non-hydrogen) atoms. The summed E-state index contributed by atoms with van der Waals surface area (Å²) in [4.78, 5) is 17.8. The highest BCUT2D eigenvalue weighted by molar-refractivity contribution is 5.69. The zero-order valence-corrected chi connectivity index (χ0v) is 39.4. The monoisotopic (exact) mass is 800 g/mol. The minimum Gasteiger partial charge on any atom is -0.462 e. The van der Waals surface area contributed by atoms with E-state index in [1.54, 1.807) is 0 Å². The van der Waals surface area contributed by atoms with E-state index in [9.17, 15) is 4.79 Å². The molecule has 0 aromatic heterocycles. The van der Waals surface area contributed by atoms with Crippen molar-refractivity contribution >= 4 is 5.97 Å². The molecule has 336 valence electrons. The molecule has 0 bridgehead atoms. The molecular formula is C52H101N3O2. The number of allylic oxidation sites excluding steroid dienone is 4. The zero-order chi connectivity index (χ0) is 41.7. The van der Waals surface area contributed by atoms with Crippen molar-refractivity contribution in [2.24, 2.45) is 0 Å². The number of nitrogens with one attached hydrogen (secondary N) is 1. The van der Waals surface area contributed by atoms with Gasteiger partial charge in [0.2, 0.25) is 0 Å². The summed E-state index contributed by atoms with van der Waals surface area (Å²) >= 11 is 0. The van der Waals surface area contributed by atoms with Gasteiger partial charge >= 0.3 is 5.97 Å². The van der Waals surface area contributed by atoms with E-state index in [2.05, 4.69) is 80.9 Å². The van der Waals surface area contributed by atoms with Gasteiger partial charge in [0, 0.05) is 25.2 Å². The maximum absolute atomic E-state index is 12.9. The standard InChI is InChI=1S/C52H101N3O2/c1-7-10-13-16-19-20-21-22-23-24-25-26-27-28-33-38-47-55(49-44-50(4)53-45-40-46-54(5)6)48-39-34-29-32-37-43-52(56)57-51(41-35-30-17-14-11-8-2)42-36-31-18-15-12-9-3/h19-20,22-23,51,53H,4,7-18,21,24-49H2,1-3,5-6H3/b20-19-,23-22-. The molecule has 0 unspecified atom stereocenters. The summed E-state index contributed by atoms with van der Waals surface area (Å²) < 4.78 is 6.10. The van der Waals surface area contributed by atoms with Crippen LogP contribution in [0.1, 0.15) is 239 Å². The summed E-state index contributed by atoms with van der Waals surface area (Å²) in [5.41, 5.74) is 1.18. The van der Waals surface area contributed by atoms with E-state index in [0.717, 1.165) is 64.6 Å². The van der Waals surface area contributed by atoms with E-state index < -0.39 is 0 Å². The SMILES string of the molecule is C=C(CCN(CCCCCCCC/C=C\C/C=C\CCCCC)CCCCCCCC(=O)OC(CCCCCCCC)CCCCCCCC)NCCCN(C)C. The Hall–Kier alpha value is -1.59. The summed E-state index contributed by atoms with van der Waals surface area (Å²) in [6.45, 7) is 16.8. The van der Waals surface area contributed by atoms with E-state index in [-0.39, 0.29) is 12.1 Å². The van der Waals surface area contributed by atoms with Crippen LogP contribution in [0.25, 0.3) is 0 Å². The fraction of sp³-hybridized carbons (Fsp3) is 0.865. The van der Waals surface area contributed by atoms with Crippen molar-refractivity contribution in [3.8, 4) is 0 Å². The van der Waals surface area contributed by atoms with Crippen molar-refractivity contribution in [3.63, 3.8) is 0 Å². The normalized spacial score (nSPS) is 12.0. The number of carbonyl (C=O) groups excluding carboxylic acids is 1. The minimum absolute atomic E-state index is 0.0481. The van der Waals surface area contributed by atoms with E-state index in [1.165, 1.54) is 186 Å². The third-order valence-corrected chi connectivity index (χ3v) is 11.5. The van der Waals surface area contributed by atoms with Gasteiger partial charge in [0.25, 0.3) is 0 Å². The molecule has 0 saturated heterocycles. The number of hydrogen-bond acceptors (Lipinski definition) is 5. The van der Waals surface area contributed by atoms with E-state index in [4.69, 9.17) is 4.74 Å². The molecule has 0 aliphatic heterocycles. The molecule has 5 heteroatoms. The van der Waals surface area contributed by atoms with E-state index >= 15 is 0 Å². The Balaban J connectivity index is 4.44. The van der Waals surface area contributed by atoms with Crippen molar-refractivity contribution in [1.29, 1.82) is 0 Å². The highest BCUT2D eigenvalue weighted by Crippen LogP contribution is 2.19. The first kappa shape index (κ1) is 55.4. The molecule has 0 aromatic rings. The molecule has 0 heterocycles. The zero-order valence-electron chi connectivity index (χ0n) is 39.4. The van der Waals surface area contributed by atoms with Crippen LogP contribution in [0, 0.1) is 0 Å². The molecule has 5 nitrogen and oxygen atoms in total. The molecule has 0 spiro atoms. The molecule has 0 amide bonds. The lowest BCUT2D eigenvalue weighted by Gasteiger charge is -2.23. The first-order chi connectivity index (χ1) is 27.9. The van der Waals surface area contributed by atoms with Crippen LogP contribution in [0.5, 0.6) is 0 Å². The van der Waals surface area contributed by atoms with Crippen LogP contribution in [-0.4, -0.2) is 68.7 Å². The fourth-order valence-corrected chi connectivity index (χ4v) is 7.65. The van der Waals surface area contributed by atoms with Crippen molar-refractivity contribution in [2.45, 2.75) is 245 Å². The van der Waals surface area contributed by atoms with Crippen LogP contribution in [-0.2, 0) is 9.53 Å². The molecule has 0 aliphatic carbocycles. The lowest BCUT2D eigenvalue weighted by atomic mass is 10.0. The smallest absolute Gasteiger partial charge is 0.306 e. The predicted octanol–water partition coefficient (Wildman–Crippen LogP) is 15.3. The number of hydrogen-bond donors (Lipinski definition) is 1. The maximum atomic E-state index is 12.9. The number of nitrogens with zero attached hydrogens (tertiary/aromatic N) is 2. The second-order valence-corrected chi connectivity index (χ2v) is 17.6. The van der Waals surface area contributed by atoms with Crippen LogP contribution in [0.2, 0.25) is 0 Å². The third-order valence-electron chi connectivity index (χ3n) is 11.5. The molecule has 0 atom stereocenters. The highest BCUT2D eigenvalue weighted by Gasteiger charge is 2.14. The molecule has 0 rings (SSSR count). The highest BCUT2D eigenvalue weighted by atomic mass is 16.5. The van der Waals surface area contributed by atoms with Crippen molar-refractivity contribution < 1.29 is 9.53 Å². The molecular weight excluding hydrogens is 699 g/mol. The quantitative estimate of drug-likeness (QED) is 0.0377. The maximum Gasteiger partial charge on any atom is 0.306 e. The number of carbonyl (C=O) groups is 1. The van der Waals surface area contributed by atoms with Crippen molar-refractivity contribution in [2.75, 3.05) is 46.8 Å². The Kier molecular flexibility index (Phi) is 44.2. The summed E-state index contributed by atoms with van der Waals surface area (Å²) in [6, 6.07) is 0. The summed E-state index contributed by atoms with van der Waals surface area (Å²) in [5, 5.41) is 3.57. The Labute approximate surface area is 358 Å². The van der Waals surface area contributed by atoms with Crippen molar-refractivity contribution in [3.05, 3.63) is 36.6 Å². The number of unbranched alkanes of at least 4 members (excludes halogenated alkanes) is 23. The van der Waals surface area contributed by atoms with Crippen LogP contribution in [0.15, 0.2) is 36.6 Å². The number of rotatable bonds is 46. The Bertz CT molecular complexity index is 884. The Morgan fingerprint density at radius 3 is 1.53 bits per heavy atom. The van der Waals surface area contributed by atoms with Crippen LogP contribution in [0.3, 0.4) is 0 Å². The Morgan fingerprint density at radius 2 is 0.982 bits per heavy atom. The average Bonchev–Trinajstić information content (AvgIpc) is 3.20. The lowest BCUT2D eigenvalue weighted by Crippen LogP contribution is -2.29. The second-order valence-electron chi connectivity index (χ2n) is 17.6. The largest absolute Gasteiger partial charge is 0.462 e. The van der Waals surface area contributed by atoms with E-state index in [0.29, 0.717) is 6.42 Å². The van der Waals surface area contributed by atoms with Gasteiger partial charge in [-0.2, -0.15) is 0 Å². The summed E-state index contributed by atoms with van der Waals surface area (Å²) in [7, 11) is 4.28. The van der Waals surface area contributed by atoms with Gasteiger partial charge in [-0.15, -0.1) is 0 Å². The lowest BCUT2D eigenvalue weighted by molar-refractivity contribution is -0.150. The first-order valence-corrected chi connectivity index (χ1v) is 25.2. The summed E-state index contributed by atoms with van der Waals surface area (Å²) in [6.07, 6.45) is 51.4. The molecule has 0 fully saturated rings. The van der Waals surface area contributed by atoms with Crippen molar-refractivity contribution in [1.82, 2.24) is 15.1 Å². The van der Waals surface area contributed by atoms with Gasteiger partial charge in [-0.3, -0.25) is 4.79 Å². The topological polar surface area (TPSA) is 44.8 Å². The van der Waals surface area contributed by atoms with Gasteiger partial charge in [-0.05, 0) is 124 Å². The van der Waals surface area contributed by atoms with Gasteiger partial charge in [0.05, 0.1) is 0 Å². The van der Waals surface area contributed by atoms with Gasteiger partial charge in [-0.1, -0.05) is 174 Å². The predicted molar refractivity (Wildman–Crippen MR) is 254 cm³/mol. The molecule has 0 aromatic carbocycles. The number of esters is 1. The van der Waals surface area contributed by atoms with Crippen LogP contribution >= 0.6 is 0 Å². The van der Waals surface area contributed by atoms with Gasteiger partial charge in [0.15, 0.2) is 0 Å². The molecule has 1 N–H and O–H groups in total. The van der Waals surface area contributed by atoms with Crippen LogP contribution in [0.4, 0.5) is 0 Å². The molecule has 0 saturated carbocycles. The van der Waals surface area contributed by atoms with Gasteiger partial charge < -0.3 is 19.9 Å². The fourth-order valence-electron chi connectivity index (χ4n) is 7.65. The second kappa shape index (κ2) is 45.5. The Morgan fingerprint density at radius 1 is 0.526 bits per heavy atom. The van der Waals surface area contributed by atoms with Crippen LogP contribution < -0.4 is 5.32 Å².